The first-order valence-electron chi connectivity index (χ1n) is 7.89. The molecule has 0 saturated carbocycles. The van der Waals surface area contributed by atoms with Crippen LogP contribution < -0.4 is 5.32 Å². The Labute approximate surface area is 161 Å². The quantitative estimate of drug-likeness (QED) is 0.474. The average molecular weight is 428 g/mol. The first-order valence-corrected chi connectivity index (χ1v) is 9.67. The van der Waals surface area contributed by atoms with Gasteiger partial charge in [-0.05, 0) is 37.3 Å². The van der Waals surface area contributed by atoms with Crippen LogP contribution in [-0.4, -0.2) is 31.8 Å². The Hall–Kier alpha value is -2.45. The van der Waals surface area contributed by atoms with Crippen LogP contribution in [0.25, 0.3) is 22.1 Å². The summed E-state index contributed by atoms with van der Waals surface area (Å²) in [6.07, 6.45) is 0. The summed E-state index contributed by atoms with van der Waals surface area (Å²) >= 11 is 4.71. The Morgan fingerprint density at radius 3 is 2.81 bits per heavy atom. The summed E-state index contributed by atoms with van der Waals surface area (Å²) in [6.45, 7) is 2.00. The molecule has 0 radical (unpaired) electrons. The third-order valence-electron chi connectivity index (χ3n) is 3.82. The van der Waals surface area contributed by atoms with Crippen LogP contribution in [0.15, 0.2) is 52.1 Å². The second kappa shape index (κ2) is 7.05. The average Bonchev–Trinajstić information content (AvgIpc) is 2.99. The highest BCUT2D eigenvalue weighted by molar-refractivity contribution is 9.10. The normalized spacial score (nSPS) is 11.2. The first kappa shape index (κ1) is 17.0. The molecule has 6 nitrogen and oxygen atoms in total. The SMILES string of the molecule is Cc1ccc(NC(=O)CSc2nnc3c(n2)[nH]c2ccc(Br)cc23)cc1. The minimum atomic E-state index is -0.108. The van der Waals surface area contributed by atoms with Gasteiger partial charge in [0.25, 0.3) is 0 Å². The maximum atomic E-state index is 12.1. The van der Waals surface area contributed by atoms with Gasteiger partial charge in [-0.2, -0.15) is 0 Å². The van der Waals surface area contributed by atoms with Crippen molar-refractivity contribution in [2.24, 2.45) is 0 Å². The van der Waals surface area contributed by atoms with Crippen LogP contribution in [0.1, 0.15) is 5.56 Å². The molecule has 2 aromatic carbocycles. The molecule has 26 heavy (non-hydrogen) atoms. The van der Waals surface area contributed by atoms with Crippen molar-refractivity contribution in [3.05, 3.63) is 52.5 Å². The van der Waals surface area contributed by atoms with Crippen LogP contribution in [0.3, 0.4) is 0 Å². The van der Waals surface area contributed by atoms with Crippen molar-refractivity contribution in [1.29, 1.82) is 0 Å². The Kier molecular flexibility index (Phi) is 4.60. The Bertz CT molecular complexity index is 1110. The lowest BCUT2D eigenvalue weighted by molar-refractivity contribution is -0.113. The molecule has 0 unspecified atom stereocenters. The van der Waals surface area contributed by atoms with Crippen LogP contribution in [0, 0.1) is 6.92 Å². The molecule has 2 N–H and O–H groups in total. The number of benzene rings is 2. The van der Waals surface area contributed by atoms with E-state index in [0.29, 0.717) is 10.8 Å². The highest BCUT2D eigenvalue weighted by Gasteiger charge is 2.11. The number of H-pyrrole nitrogens is 1. The zero-order valence-electron chi connectivity index (χ0n) is 13.8. The van der Waals surface area contributed by atoms with Gasteiger partial charge in [0.2, 0.25) is 11.1 Å². The molecule has 0 aliphatic rings. The number of fused-ring (bicyclic) bond motifs is 3. The van der Waals surface area contributed by atoms with E-state index in [4.69, 9.17) is 0 Å². The standard InChI is InChI=1S/C18H14BrN5OS/c1-10-2-5-12(6-3-10)20-15(25)9-26-18-22-17-16(23-24-18)13-8-11(19)4-7-14(13)21-17/h2-8H,9H2,1H3,(H,20,25)(H,21,22,24). The first-order chi connectivity index (χ1) is 12.6. The smallest absolute Gasteiger partial charge is 0.234 e. The molecule has 0 fully saturated rings. The van der Waals surface area contributed by atoms with E-state index in [1.54, 1.807) is 0 Å². The van der Waals surface area contributed by atoms with Gasteiger partial charge < -0.3 is 10.3 Å². The van der Waals surface area contributed by atoms with E-state index in [1.165, 1.54) is 11.8 Å². The van der Waals surface area contributed by atoms with Gasteiger partial charge in [-0.25, -0.2) is 4.98 Å². The zero-order chi connectivity index (χ0) is 18.1. The molecule has 4 aromatic rings. The predicted octanol–water partition coefficient (Wildman–Crippen LogP) is 4.31. The summed E-state index contributed by atoms with van der Waals surface area (Å²) in [7, 11) is 0. The number of aryl methyl sites for hydroxylation is 1. The van der Waals surface area contributed by atoms with E-state index in [2.05, 4.69) is 41.4 Å². The van der Waals surface area contributed by atoms with Gasteiger partial charge in [-0.15, -0.1) is 10.2 Å². The molecule has 2 aromatic heterocycles. The molecule has 0 saturated heterocycles. The van der Waals surface area contributed by atoms with Crippen LogP contribution in [0.5, 0.6) is 0 Å². The van der Waals surface area contributed by atoms with Crippen molar-refractivity contribution in [2.75, 3.05) is 11.1 Å². The van der Waals surface area contributed by atoms with Gasteiger partial charge in [0.05, 0.1) is 5.75 Å². The van der Waals surface area contributed by atoms with E-state index >= 15 is 0 Å². The number of aromatic amines is 1. The summed E-state index contributed by atoms with van der Waals surface area (Å²) in [4.78, 5) is 19.8. The number of halogens is 1. The number of amides is 1. The second-order valence-electron chi connectivity index (χ2n) is 5.81. The molecule has 130 valence electrons. The number of thioether (sulfide) groups is 1. The zero-order valence-corrected chi connectivity index (χ0v) is 16.2. The lowest BCUT2D eigenvalue weighted by atomic mass is 10.2. The fraction of sp³-hybridized carbons (Fsp3) is 0.111. The maximum absolute atomic E-state index is 12.1. The van der Waals surface area contributed by atoms with Crippen molar-refractivity contribution in [1.82, 2.24) is 20.2 Å². The third kappa shape index (κ3) is 3.56. The fourth-order valence-electron chi connectivity index (χ4n) is 2.55. The fourth-order valence-corrected chi connectivity index (χ4v) is 3.50. The number of aromatic nitrogens is 4. The molecule has 0 atom stereocenters. The monoisotopic (exact) mass is 427 g/mol. The lowest BCUT2D eigenvalue weighted by Gasteiger charge is -2.04. The molecule has 0 bridgehead atoms. The predicted molar refractivity (Wildman–Crippen MR) is 107 cm³/mol. The van der Waals surface area contributed by atoms with E-state index < -0.39 is 0 Å². The van der Waals surface area contributed by atoms with Gasteiger partial charge in [-0.3, -0.25) is 4.79 Å². The largest absolute Gasteiger partial charge is 0.338 e. The molecule has 1 amide bonds. The maximum Gasteiger partial charge on any atom is 0.234 e. The molecular formula is C18H14BrN5OS. The summed E-state index contributed by atoms with van der Waals surface area (Å²) in [5.74, 6) is 0.107. The van der Waals surface area contributed by atoms with Gasteiger partial charge in [-0.1, -0.05) is 45.4 Å². The van der Waals surface area contributed by atoms with Crippen molar-refractivity contribution in [3.63, 3.8) is 0 Å². The van der Waals surface area contributed by atoms with E-state index in [1.807, 2.05) is 49.4 Å². The van der Waals surface area contributed by atoms with Gasteiger partial charge in [0.1, 0.15) is 5.52 Å². The number of hydrogen-bond acceptors (Lipinski definition) is 5. The topological polar surface area (TPSA) is 83.6 Å². The number of carbonyl (C=O) groups excluding carboxylic acids is 1. The summed E-state index contributed by atoms with van der Waals surface area (Å²) in [5, 5.41) is 12.7. The third-order valence-corrected chi connectivity index (χ3v) is 5.16. The Morgan fingerprint density at radius 1 is 1.19 bits per heavy atom. The number of nitrogens with one attached hydrogen (secondary N) is 2. The summed E-state index contributed by atoms with van der Waals surface area (Å²) < 4.78 is 0.971. The van der Waals surface area contributed by atoms with Gasteiger partial charge in [0.15, 0.2) is 5.65 Å². The Morgan fingerprint density at radius 2 is 2.00 bits per heavy atom. The van der Waals surface area contributed by atoms with Gasteiger partial charge in [0, 0.05) is 21.1 Å². The molecule has 0 spiro atoms. The lowest BCUT2D eigenvalue weighted by Crippen LogP contribution is -2.14. The highest BCUT2D eigenvalue weighted by atomic mass is 79.9. The number of nitrogens with zero attached hydrogens (tertiary/aromatic N) is 3. The van der Waals surface area contributed by atoms with Crippen molar-refractivity contribution in [2.45, 2.75) is 12.1 Å². The van der Waals surface area contributed by atoms with E-state index in [0.717, 1.165) is 32.1 Å². The number of carbonyl (C=O) groups is 1. The van der Waals surface area contributed by atoms with Crippen LogP contribution in [0.4, 0.5) is 5.69 Å². The molecule has 2 heterocycles. The number of anilines is 1. The highest BCUT2D eigenvalue weighted by Crippen LogP contribution is 2.26. The summed E-state index contributed by atoms with van der Waals surface area (Å²) in [6, 6.07) is 13.6. The van der Waals surface area contributed by atoms with Crippen molar-refractivity contribution < 1.29 is 4.79 Å². The van der Waals surface area contributed by atoms with E-state index in [9.17, 15) is 4.79 Å². The van der Waals surface area contributed by atoms with Crippen molar-refractivity contribution in [3.8, 4) is 0 Å². The molecule has 4 rings (SSSR count). The molecule has 0 aliphatic carbocycles. The number of rotatable bonds is 4. The van der Waals surface area contributed by atoms with Crippen molar-refractivity contribution >= 4 is 61.4 Å². The van der Waals surface area contributed by atoms with Gasteiger partial charge >= 0.3 is 0 Å². The summed E-state index contributed by atoms with van der Waals surface area (Å²) in [5.41, 5.74) is 4.25. The molecular weight excluding hydrogens is 414 g/mol. The van der Waals surface area contributed by atoms with Crippen LogP contribution >= 0.6 is 27.7 Å². The molecule has 0 aliphatic heterocycles. The second-order valence-corrected chi connectivity index (χ2v) is 7.67. The minimum absolute atomic E-state index is 0.108. The number of hydrogen-bond donors (Lipinski definition) is 2. The van der Waals surface area contributed by atoms with Crippen LogP contribution in [0.2, 0.25) is 0 Å². The van der Waals surface area contributed by atoms with Crippen LogP contribution in [-0.2, 0) is 4.79 Å². The molecule has 8 heteroatoms. The van der Waals surface area contributed by atoms with E-state index in [-0.39, 0.29) is 11.7 Å². The minimum Gasteiger partial charge on any atom is -0.338 e. The Balaban J connectivity index is 1.47.